The fourth-order valence-corrected chi connectivity index (χ4v) is 2.13. The number of carbonyl (C=O) groups is 1. The van der Waals surface area contributed by atoms with E-state index in [0.717, 1.165) is 21.5 Å². The van der Waals surface area contributed by atoms with E-state index < -0.39 is 0 Å². The number of carbonyl (C=O) groups excluding carboxylic acids is 1. The zero-order valence-corrected chi connectivity index (χ0v) is 12.3. The lowest BCUT2D eigenvalue weighted by Crippen LogP contribution is -2.07. The fraction of sp³-hybridized carbons (Fsp3) is 0.214. The molecule has 0 aliphatic carbocycles. The largest absolute Gasteiger partial charge is 0.466 e. The molecule has 1 aromatic heterocycles. The lowest BCUT2D eigenvalue weighted by Gasteiger charge is -2.11. The summed E-state index contributed by atoms with van der Waals surface area (Å²) in [7, 11) is 1.38. The molecule has 0 radical (unpaired) electrons. The van der Waals surface area contributed by atoms with Crippen LogP contribution < -0.4 is 5.32 Å². The SMILES string of the molecule is COC(=O)c1cccc(NCc2occc2Br)c1C. The van der Waals surface area contributed by atoms with Gasteiger partial charge < -0.3 is 14.5 Å². The van der Waals surface area contributed by atoms with Crippen LogP contribution in [0.2, 0.25) is 0 Å². The third-order valence-electron chi connectivity index (χ3n) is 2.87. The van der Waals surface area contributed by atoms with E-state index >= 15 is 0 Å². The lowest BCUT2D eigenvalue weighted by atomic mass is 10.1. The normalized spacial score (nSPS) is 10.3. The van der Waals surface area contributed by atoms with Crippen LogP contribution in [0.15, 0.2) is 39.4 Å². The molecular weight excluding hydrogens is 310 g/mol. The fourth-order valence-electron chi connectivity index (χ4n) is 1.78. The molecule has 2 rings (SSSR count). The van der Waals surface area contributed by atoms with Crippen molar-refractivity contribution in [1.82, 2.24) is 0 Å². The van der Waals surface area contributed by atoms with Gasteiger partial charge in [-0.2, -0.15) is 0 Å². The smallest absolute Gasteiger partial charge is 0.338 e. The molecule has 0 saturated carbocycles. The number of furan rings is 1. The van der Waals surface area contributed by atoms with E-state index in [4.69, 9.17) is 9.15 Å². The molecule has 5 heteroatoms. The second-order valence-electron chi connectivity index (χ2n) is 4.01. The minimum absolute atomic E-state index is 0.333. The van der Waals surface area contributed by atoms with Crippen molar-refractivity contribution in [3.05, 3.63) is 51.9 Å². The van der Waals surface area contributed by atoms with Gasteiger partial charge in [0.05, 0.1) is 30.0 Å². The lowest BCUT2D eigenvalue weighted by molar-refractivity contribution is 0.0600. The molecule has 0 bridgehead atoms. The van der Waals surface area contributed by atoms with Gasteiger partial charge in [0, 0.05) is 5.69 Å². The predicted octanol–water partition coefficient (Wildman–Crippen LogP) is 3.75. The van der Waals surface area contributed by atoms with Crippen molar-refractivity contribution in [3.63, 3.8) is 0 Å². The van der Waals surface area contributed by atoms with Gasteiger partial charge in [0.25, 0.3) is 0 Å². The summed E-state index contributed by atoms with van der Waals surface area (Å²) in [5, 5.41) is 3.24. The van der Waals surface area contributed by atoms with Crippen LogP contribution in [0.3, 0.4) is 0 Å². The summed E-state index contributed by atoms with van der Waals surface area (Å²) in [6.45, 7) is 2.42. The predicted molar refractivity (Wildman–Crippen MR) is 76.3 cm³/mol. The molecule has 0 saturated heterocycles. The van der Waals surface area contributed by atoms with Gasteiger partial charge in [-0.05, 0) is 46.6 Å². The molecule has 2 aromatic rings. The topological polar surface area (TPSA) is 51.5 Å². The Morgan fingerprint density at radius 2 is 2.21 bits per heavy atom. The Labute approximate surface area is 119 Å². The van der Waals surface area contributed by atoms with Gasteiger partial charge in [0.1, 0.15) is 5.76 Å². The first-order chi connectivity index (χ1) is 9.13. The average molecular weight is 324 g/mol. The molecule has 1 N–H and O–H groups in total. The molecule has 1 aromatic carbocycles. The number of methoxy groups -OCH3 is 1. The van der Waals surface area contributed by atoms with E-state index in [1.807, 2.05) is 25.1 Å². The molecular formula is C14H14BrNO3. The summed E-state index contributed by atoms with van der Waals surface area (Å²) < 4.78 is 11.0. The van der Waals surface area contributed by atoms with Crippen molar-refractivity contribution in [2.45, 2.75) is 13.5 Å². The summed E-state index contributed by atoms with van der Waals surface area (Å²) in [5.41, 5.74) is 2.30. The monoisotopic (exact) mass is 323 g/mol. The summed E-state index contributed by atoms with van der Waals surface area (Å²) in [5.74, 6) is 0.475. The van der Waals surface area contributed by atoms with Gasteiger partial charge in [0.2, 0.25) is 0 Å². The van der Waals surface area contributed by atoms with Crippen LogP contribution in [0.5, 0.6) is 0 Å². The number of hydrogen-bond acceptors (Lipinski definition) is 4. The highest BCUT2D eigenvalue weighted by atomic mass is 79.9. The van der Waals surface area contributed by atoms with Crippen LogP contribution in [0.25, 0.3) is 0 Å². The summed E-state index contributed by atoms with van der Waals surface area (Å²) in [6, 6.07) is 7.32. The van der Waals surface area contributed by atoms with Gasteiger partial charge in [-0.1, -0.05) is 6.07 Å². The van der Waals surface area contributed by atoms with Crippen molar-refractivity contribution in [3.8, 4) is 0 Å². The quantitative estimate of drug-likeness (QED) is 0.870. The van der Waals surface area contributed by atoms with Gasteiger partial charge >= 0.3 is 5.97 Å². The Kier molecular flexibility index (Phi) is 4.27. The summed E-state index contributed by atoms with van der Waals surface area (Å²) in [4.78, 5) is 11.6. The maximum Gasteiger partial charge on any atom is 0.338 e. The second-order valence-corrected chi connectivity index (χ2v) is 4.87. The van der Waals surface area contributed by atoms with Crippen LogP contribution in [-0.2, 0) is 11.3 Å². The Morgan fingerprint density at radius 1 is 1.42 bits per heavy atom. The molecule has 19 heavy (non-hydrogen) atoms. The Hall–Kier alpha value is -1.75. The third kappa shape index (κ3) is 2.98. The number of anilines is 1. The minimum atomic E-state index is -0.333. The van der Waals surface area contributed by atoms with Crippen molar-refractivity contribution >= 4 is 27.6 Å². The molecule has 4 nitrogen and oxygen atoms in total. The molecule has 0 aliphatic rings. The molecule has 1 heterocycles. The van der Waals surface area contributed by atoms with Gasteiger partial charge in [0.15, 0.2) is 0 Å². The van der Waals surface area contributed by atoms with E-state index in [-0.39, 0.29) is 5.97 Å². The summed E-state index contributed by atoms with van der Waals surface area (Å²) >= 11 is 3.40. The van der Waals surface area contributed by atoms with Crippen LogP contribution in [0.4, 0.5) is 5.69 Å². The maximum atomic E-state index is 11.6. The number of benzene rings is 1. The number of nitrogens with one attached hydrogen (secondary N) is 1. The molecule has 0 atom stereocenters. The third-order valence-corrected chi connectivity index (χ3v) is 3.58. The highest BCUT2D eigenvalue weighted by Crippen LogP contribution is 2.23. The van der Waals surface area contributed by atoms with Crippen molar-refractivity contribution in [2.24, 2.45) is 0 Å². The molecule has 0 aliphatic heterocycles. The van der Waals surface area contributed by atoms with Crippen molar-refractivity contribution in [2.75, 3.05) is 12.4 Å². The Morgan fingerprint density at radius 3 is 2.84 bits per heavy atom. The van der Waals surface area contributed by atoms with Crippen LogP contribution in [0, 0.1) is 6.92 Å². The second kappa shape index (κ2) is 5.93. The van der Waals surface area contributed by atoms with Crippen LogP contribution >= 0.6 is 15.9 Å². The minimum Gasteiger partial charge on any atom is -0.466 e. The first-order valence-electron chi connectivity index (χ1n) is 5.77. The van der Waals surface area contributed by atoms with Gasteiger partial charge in [-0.25, -0.2) is 4.79 Å². The zero-order chi connectivity index (χ0) is 13.8. The molecule has 0 amide bonds. The highest BCUT2D eigenvalue weighted by molar-refractivity contribution is 9.10. The van der Waals surface area contributed by atoms with Gasteiger partial charge in [-0.15, -0.1) is 0 Å². The van der Waals surface area contributed by atoms with Crippen LogP contribution in [-0.4, -0.2) is 13.1 Å². The summed E-state index contributed by atoms with van der Waals surface area (Å²) in [6.07, 6.45) is 1.62. The average Bonchev–Trinajstić information content (AvgIpc) is 2.82. The van der Waals surface area contributed by atoms with Crippen molar-refractivity contribution in [1.29, 1.82) is 0 Å². The number of hydrogen-bond donors (Lipinski definition) is 1. The Bertz CT molecular complexity index is 592. The standard InChI is InChI=1S/C14H14BrNO3/c1-9-10(14(17)18-2)4-3-5-12(9)16-8-13-11(15)6-7-19-13/h3-7,16H,8H2,1-2H3. The Balaban J connectivity index is 2.17. The van der Waals surface area contributed by atoms with Gasteiger partial charge in [-0.3, -0.25) is 0 Å². The number of ether oxygens (including phenoxy) is 1. The zero-order valence-electron chi connectivity index (χ0n) is 10.7. The van der Waals surface area contributed by atoms with E-state index in [9.17, 15) is 4.79 Å². The van der Waals surface area contributed by atoms with Crippen molar-refractivity contribution < 1.29 is 13.9 Å². The molecule has 0 spiro atoms. The van der Waals surface area contributed by atoms with E-state index in [0.29, 0.717) is 12.1 Å². The number of rotatable bonds is 4. The van der Waals surface area contributed by atoms with E-state index in [1.54, 1.807) is 12.3 Å². The van der Waals surface area contributed by atoms with E-state index in [2.05, 4.69) is 21.2 Å². The molecule has 0 fully saturated rings. The maximum absolute atomic E-state index is 11.6. The van der Waals surface area contributed by atoms with E-state index in [1.165, 1.54) is 7.11 Å². The highest BCUT2D eigenvalue weighted by Gasteiger charge is 2.12. The number of halogens is 1. The van der Waals surface area contributed by atoms with Crippen LogP contribution in [0.1, 0.15) is 21.7 Å². The first-order valence-corrected chi connectivity index (χ1v) is 6.56. The molecule has 0 unspecified atom stereocenters. The first kappa shape index (κ1) is 13.7. The number of esters is 1. The molecule has 100 valence electrons.